The average Bonchev–Trinajstić information content (AvgIpc) is 2.76. The maximum atomic E-state index is 5.63. The van der Waals surface area contributed by atoms with Crippen LogP contribution >= 0.6 is 24.8 Å². The van der Waals surface area contributed by atoms with Gasteiger partial charge in [-0.2, -0.15) is 0 Å². The first-order valence-electron chi connectivity index (χ1n) is 9.85. The van der Waals surface area contributed by atoms with Gasteiger partial charge < -0.3 is 19.5 Å². The minimum Gasteiger partial charge on any atom is -0.497 e. The SMILES string of the molecule is COc1ccc2c3c(c4cc(OC)c(OC)cc4c2c1)C[C@H]1CNCCN1C3.Cl.Cl. The summed E-state index contributed by atoms with van der Waals surface area (Å²) >= 11 is 0. The van der Waals surface area contributed by atoms with E-state index in [1.807, 2.05) is 0 Å². The van der Waals surface area contributed by atoms with Gasteiger partial charge in [0.2, 0.25) is 0 Å². The van der Waals surface area contributed by atoms with Gasteiger partial charge in [-0.25, -0.2) is 0 Å². The van der Waals surface area contributed by atoms with E-state index in [2.05, 4.69) is 40.5 Å². The van der Waals surface area contributed by atoms with Crippen molar-refractivity contribution in [2.75, 3.05) is 41.0 Å². The van der Waals surface area contributed by atoms with Gasteiger partial charge in [0.25, 0.3) is 0 Å². The minimum atomic E-state index is 0. The molecule has 2 aliphatic heterocycles. The van der Waals surface area contributed by atoms with Crippen LogP contribution in [0, 0.1) is 0 Å². The number of rotatable bonds is 3. The smallest absolute Gasteiger partial charge is 0.161 e. The summed E-state index contributed by atoms with van der Waals surface area (Å²) in [7, 11) is 5.11. The van der Waals surface area contributed by atoms with E-state index in [1.165, 1.54) is 32.7 Å². The van der Waals surface area contributed by atoms with Gasteiger partial charge in [0.05, 0.1) is 21.3 Å². The average molecular weight is 451 g/mol. The second-order valence-electron chi connectivity index (χ2n) is 7.65. The first-order chi connectivity index (χ1) is 13.7. The molecule has 1 fully saturated rings. The van der Waals surface area contributed by atoms with Crippen LogP contribution in [0.4, 0.5) is 0 Å². The monoisotopic (exact) mass is 450 g/mol. The molecular weight excluding hydrogens is 423 g/mol. The molecule has 1 saturated heterocycles. The van der Waals surface area contributed by atoms with Gasteiger partial charge in [0.15, 0.2) is 11.5 Å². The zero-order valence-electron chi connectivity index (χ0n) is 17.5. The minimum absolute atomic E-state index is 0. The maximum Gasteiger partial charge on any atom is 0.161 e. The summed E-state index contributed by atoms with van der Waals surface area (Å²) in [6.45, 7) is 4.21. The van der Waals surface area contributed by atoms with E-state index in [9.17, 15) is 0 Å². The molecule has 5 nitrogen and oxygen atoms in total. The van der Waals surface area contributed by atoms with Crippen LogP contribution in [0.3, 0.4) is 0 Å². The molecule has 0 aliphatic carbocycles. The van der Waals surface area contributed by atoms with Crippen molar-refractivity contribution >= 4 is 46.4 Å². The summed E-state index contributed by atoms with van der Waals surface area (Å²) < 4.78 is 16.8. The fraction of sp³-hybridized carbons (Fsp3) is 0.391. The highest BCUT2D eigenvalue weighted by atomic mass is 35.5. The first-order valence-corrected chi connectivity index (χ1v) is 9.85. The Morgan fingerprint density at radius 1 is 0.833 bits per heavy atom. The molecule has 7 heteroatoms. The number of piperazine rings is 1. The second-order valence-corrected chi connectivity index (χ2v) is 7.65. The Balaban J connectivity index is 0.00000128. The van der Waals surface area contributed by atoms with Crippen LogP contribution in [0.1, 0.15) is 11.1 Å². The van der Waals surface area contributed by atoms with Crippen LogP contribution in [-0.4, -0.2) is 51.9 Å². The zero-order chi connectivity index (χ0) is 19.3. The lowest BCUT2D eigenvalue weighted by molar-refractivity contribution is 0.141. The molecule has 0 spiro atoms. The number of hydrogen-bond acceptors (Lipinski definition) is 5. The van der Waals surface area contributed by atoms with E-state index in [0.717, 1.165) is 49.8 Å². The topological polar surface area (TPSA) is 43.0 Å². The van der Waals surface area contributed by atoms with Crippen molar-refractivity contribution < 1.29 is 14.2 Å². The molecule has 0 unspecified atom stereocenters. The van der Waals surface area contributed by atoms with E-state index < -0.39 is 0 Å². The van der Waals surface area contributed by atoms with Crippen LogP contribution in [-0.2, 0) is 13.0 Å². The molecule has 0 aromatic heterocycles. The van der Waals surface area contributed by atoms with Crippen molar-refractivity contribution in [2.24, 2.45) is 0 Å². The lowest BCUT2D eigenvalue weighted by Crippen LogP contribution is -2.53. The Kier molecular flexibility index (Phi) is 6.88. The third kappa shape index (κ3) is 3.54. The van der Waals surface area contributed by atoms with E-state index in [4.69, 9.17) is 14.2 Å². The standard InChI is InChI=1S/C23H26N2O3.2ClH/c1-26-15-4-5-16-18(9-15)20-11-23(28-3)22(27-2)10-19(20)17-8-14-12-24-6-7-25(14)13-21(16)17;;/h4-5,9-11,14,24H,6-8,12-13H2,1-3H3;2*1H/t14-;;/m0../s1. The molecule has 3 aromatic rings. The Bertz CT molecular complexity index is 1070. The third-order valence-electron chi connectivity index (χ3n) is 6.33. The van der Waals surface area contributed by atoms with Crippen molar-refractivity contribution in [1.82, 2.24) is 10.2 Å². The molecule has 0 radical (unpaired) electrons. The van der Waals surface area contributed by atoms with Crippen LogP contribution in [0.15, 0.2) is 30.3 Å². The third-order valence-corrected chi connectivity index (χ3v) is 6.33. The molecule has 0 saturated carbocycles. The number of methoxy groups -OCH3 is 3. The maximum absolute atomic E-state index is 5.63. The Labute approximate surface area is 189 Å². The van der Waals surface area contributed by atoms with Crippen LogP contribution in [0.2, 0.25) is 0 Å². The number of halogens is 2. The molecule has 1 N–H and O–H groups in total. The number of fused-ring (bicyclic) bond motifs is 7. The zero-order valence-corrected chi connectivity index (χ0v) is 19.1. The largest absolute Gasteiger partial charge is 0.497 e. The van der Waals surface area contributed by atoms with Crippen LogP contribution in [0.5, 0.6) is 17.2 Å². The lowest BCUT2D eigenvalue weighted by Gasteiger charge is -2.41. The predicted octanol–water partition coefficient (Wildman–Crippen LogP) is 4.19. The molecule has 2 aliphatic rings. The molecule has 0 bridgehead atoms. The van der Waals surface area contributed by atoms with Crippen LogP contribution < -0.4 is 19.5 Å². The highest BCUT2D eigenvalue weighted by molar-refractivity contribution is 6.12. The normalized spacial score (nSPS) is 18.0. The van der Waals surface area contributed by atoms with Crippen molar-refractivity contribution in [3.8, 4) is 17.2 Å². The number of ether oxygens (including phenoxy) is 3. The summed E-state index contributed by atoms with van der Waals surface area (Å²) in [6.07, 6.45) is 1.05. The van der Waals surface area contributed by atoms with Crippen molar-refractivity contribution in [3.05, 3.63) is 41.5 Å². The molecular formula is C23H28Cl2N2O3. The second kappa shape index (κ2) is 9.06. The number of hydrogen-bond donors (Lipinski definition) is 1. The molecule has 2 heterocycles. The predicted molar refractivity (Wildman–Crippen MR) is 126 cm³/mol. The fourth-order valence-corrected chi connectivity index (χ4v) is 4.88. The molecule has 5 rings (SSSR count). The van der Waals surface area contributed by atoms with Gasteiger partial charge >= 0.3 is 0 Å². The van der Waals surface area contributed by atoms with Gasteiger partial charge in [0, 0.05) is 32.2 Å². The summed E-state index contributed by atoms with van der Waals surface area (Å²) in [5.74, 6) is 2.42. The Hall–Kier alpha value is -1.92. The van der Waals surface area contributed by atoms with Gasteiger partial charge in [-0.15, -0.1) is 24.8 Å². The first kappa shape index (κ1) is 22.8. The van der Waals surface area contributed by atoms with Gasteiger partial charge in [-0.1, -0.05) is 6.07 Å². The molecule has 3 aromatic carbocycles. The Morgan fingerprint density at radius 3 is 2.23 bits per heavy atom. The molecule has 0 amide bonds. The Morgan fingerprint density at radius 2 is 1.53 bits per heavy atom. The number of nitrogens with one attached hydrogen (secondary N) is 1. The van der Waals surface area contributed by atoms with Crippen molar-refractivity contribution in [3.63, 3.8) is 0 Å². The van der Waals surface area contributed by atoms with Gasteiger partial charge in [-0.3, -0.25) is 4.90 Å². The number of benzene rings is 3. The van der Waals surface area contributed by atoms with E-state index in [-0.39, 0.29) is 24.8 Å². The highest BCUT2D eigenvalue weighted by Gasteiger charge is 2.31. The lowest BCUT2D eigenvalue weighted by atomic mass is 9.84. The summed E-state index contributed by atoms with van der Waals surface area (Å²) in [5.41, 5.74) is 2.88. The van der Waals surface area contributed by atoms with E-state index >= 15 is 0 Å². The van der Waals surface area contributed by atoms with E-state index in [0.29, 0.717) is 6.04 Å². The fourth-order valence-electron chi connectivity index (χ4n) is 4.88. The highest BCUT2D eigenvalue weighted by Crippen LogP contribution is 2.43. The number of nitrogens with zero attached hydrogens (tertiary/aromatic N) is 1. The molecule has 162 valence electrons. The summed E-state index contributed by atoms with van der Waals surface area (Å²) in [6, 6.07) is 11.2. The van der Waals surface area contributed by atoms with Crippen molar-refractivity contribution in [1.29, 1.82) is 0 Å². The van der Waals surface area contributed by atoms with Gasteiger partial charge in [-0.05, 0) is 63.4 Å². The summed E-state index contributed by atoms with van der Waals surface area (Å²) in [5, 5.41) is 8.54. The van der Waals surface area contributed by atoms with E-state index in [1.54, 1.807) is 21.3 Å². The van der Waals surface area contributed by atoms with Gasteiger partial charge in [0.1, 0.15) is 5.75 Å². The van der Waals surface area contributed by atoms with Crippen molar-refractivity contribution in [2.45, 2.75) is 19.0 Å². The molecule has 1 atom stereocenters. The quantitative estimate of drug-likeness (QED) is 0.605. The molecule has 30 heavy (non-hydrogen) atoms. The van der Waals surface area contributed by atoms with Crippen LogP contribution in [0.25, 0.3) is 21.5 Å². The summed E-state index contributed by atoms with van der Waals surface area (Å²) in [4.78, 5) is 2.62.